The van der Waals surface area contributed by atoms with Crippen LogP contribution in [0.25, 0.3) is 0 Å². The SMILES string of the molecule is CCC(C)(O)C(O)c1ccc(F)cc1C. The zero-order chi connectivity index (χ0) is 11.6. The molecular weight excluding hydrogens is 195 g/mol. The number of benzene rings is 1. The van der Waals surface area contributed by atoms with Gasteiger partial charge >= 0.3 is 0 Å². The van der Waals surface area contributed by atoms with E-state index >= 15 is 0 Å². The highest BCUT2D eigenvalue weighted by atomic mass is 19.1. The van der Waals surface area contributed by atoms with Gasteiger partial charge in [-0.1, -0.05) is 13.0 Å². The molecule has 0 fully saturated rings. The molecule has 1 rings (SSSR count). The van der Waals surface area contributed by atoms with Crippen LogP contribution in [0, 0.1) is 12.7 Å². The fourth-order valence-electron chi connectivity index (χ4n) is 1.47. The molecule has 2 nitrogen and oxygen atoms in total. The molecule has 0 saturated heterocycles. The fourth-order valence-corrected chi connectivity index (χ4v) is 1.47. The number of hydrogen-bond donors (Lipinski definition) is 2. The molecule has 0 saturated carbocycles. The highest BCUT2D eigenvalue weighted by Crippen LogP contribution is 2.30. The van der Waals surface area contributed by atoms with Crippen molar-refractivity contribution in [2.75, 3.05) is 0 Å². The van der Waals surface area contributed by atoms with Crippen LogP contribution < -0.4 is 0 Å². The van der Waals surface area contributed by atoms with Gasteiger partial charge in [-0.15, -0.1) is 0 Å². The van der Waals surface area contributed by atoms with E-state index in [9.17, 15) is 14.6 Å². The molecule has 84 valence electrons. The number of aliphatic hydroxyl groups excluding tert-OH is 1. The summed E-state index contributed by atoms with van der Waals surface area (Å²) >= 11 is 0. The summed E-state index contributed by atoms with van der Waals surface area (Å²) in [4.78, 5) is 0. The van der Waals surface area contributed by atoms with Gasteiger partial charge in [0.25, 0.3) is 0 Å². The van der Waals surface area contributed by atoms with Gasteiger partial charge in [-0.05, 0) is 43.5 Å². The smallest absolute Gasteiger partial charge is 0.123 e. The summed E-state index contributed by atoms with van der Waals surface area (Å²) in [6, 6.07) is 4.15. The van der Waals surface area contributed by atoms with Gasteiger partial charge in [0.05, 0.1) is 5.60 Å². The minimum absolute atomic E-state index is 0.334. The van der Waals surface area contributed by atoms with Gasteiger partial charge in [-0.25, -0.2) is 4.39 Å². The summed E-state index contributed by atoms with van der Waals surface area (Å²) in [5.74, 6) is -0.334. The van der Waals surface area contributed by atoms with Crippen LogP contribution in [0.3, 0.4) is 0 Å². The molecule has 0 radical (unpaired) electrons. The summed E-state index contributed by atoms with van der Waals surface area (Å²) in [6.07, 6.45) is -0.548. The first-order valence-corrected chi connectivity index (χ1v) is 5.05. The van der Waals surface area contributed by atoms with Crippen molar-refractivity contribution < 1.29 is 14.6 Å². The maximum Gasteiger partial charge on any atom is 0.123 e. The highest BCUT2D eigenvalue weighted by molar-refractivity contribution is 5.30. The third-order valence-corrected chi connectivity index (χ3v) is 2.83. The first kappa shape index (κ1) is 12.1. The van der Waals surface area contributed by atoms with E-state index in [1.165, 1.54) is 18.2 Å². The fraction of sp³-hybridized carbons (Fsp3) is 0.500. The largest absolute Gasteiger partial charge is 0.387 e. The zero-order valence-corrected chi connectivity index (χ0v) is 9.29. The van der Waals surface area contributed by atoms with E-state index in [0.717, 1.165) is 0 Å². The maximum absolute atomic E-state index is 12.8. The Hall–Kier alpha value is -0.930. The van der Waals surface area contributed by atoms with Crippen LogP contribution in [-0.2, 0) is 0 Å². The zero-order valence-electron chi connectivity index (χ0n) is 9.29. The molecule has 3 heteroatoms. The molecule has 15 heavy (non-hydrogen) atoms. The van der Waals surface area contributed by atoms with E-state index in [2.05, 4.69) is 0 Å². The summed E-state index contributed by atoms with van der Waals surface area (Å²) in [6.45, 7) is 5.08. The molecule has 0 aromatic heterocycles. The second kappa shape index (κ2) is 4.29. The molecule has 1 aromatic carbocycles. The molecule has 2 atom stereocenters. The van der Waals surface area contributed by atoms with Gasteiger partial charge in [0.2, 0.25) is 0 Å². The summed E-state index contributed by atoms with van der Waals surface area (Å²) in [5.41, 5.74) is 0.0437. The van der Waals surface area contributed by atoms with Crippen LogP contribution in [0.4, 0.5) is 4.39 Å². The van der Waals surface area contributed by atoms with Crippen LogP contribution in [0.1, 0.15) is 37.5 Å². The Kier molecular flexibility index (Phi) is 3.47. The van der Waals surface area contributed by atoms with Gasteiger partial charge < -0.3 is 10.2 Å². The second-order valence-electron chi connectivity index (χ2n) is 4.11. The number of rotatable bonds is 3. The van der Waals surface area contributed by atoms with E-state index < -0.39 is 11.7 Å². The average molecular weight is 212 g/mol. The lowest BCUT2D eigenvalue weighted by atomic mass is 9.88. The third kappa shape index (κ3) is 2.55. The van der Waals surface area contributed by atoms with Crippen molar-refractivity contribution in [3.8, 4) is 0 Å². The first-order valence-electron chi connectivity index (χ1n) is 5.05. The van der Waals surface area contributed by atoms with E-state index in [1.807, 2.05) is 0 Å². The van der Waals surface area contributed by atoms with Crippen molar-refractivity contribution >= 4 is 0 Å². The monoisotopic (exact) mass is 212 g/mol. The second-order valence-corrected chi connectivity index (χ2v) is 4.11. The van der Waals surface area contributed by atoms with E-state index in [4.69, 9.17) is 0 Å². The Morgan fingerprint density at radius 1 is 1.47 bits per heavy atom. The standard InChI is InChI=1S/C12H17FO2/c1-4-12(3,15)11(14)10-6-5-9(13)7-8(10)2/h5-7,11,14-15H,4H2,1-3H3. The molecule has 0 heterocycles. The Balaban J connectivity index is 3.06. The summed E-state index contributed by atoms with van der Waals surface area (Å²) in [7, 11) is 0. The Morgan fingerprint density at radius 2 is 2.07 bits per heavy atom. The van der Waals surface area contributed by atoms with Crippen molar-refractivity contribution in [2.45, 2.75) is 38.9 Å². The number of hydrogen-bond acceptors (Lipinski definition) is 2. The molecule has 0 aliphatic carbocycles. The minimum Gasteiger partial charge on any atom is -0.387 e. The normalized spacial score (nSPS) is 17.2. The van der Waals surface area contributed by atoms with Crippen LogP contribution in [0.2, 0.25) is 0 Å². The number of halogens is 1. The molecule has 0 aliphatic heterocycles. The Bertz CT molecular complexity index is 347. The molecule has 2 N–H and O–H groups in total. The summed E-state index contributed by atoms with van der Waals surface area (Å²) in [5, 5.41) is 19.8. The third-order valence-electron chi connectivity index (χ3n) is 2.83. The lowest BCUT2D eigenvalue weighted by molar-refractivity contribution is -0.0661. The van der Waals surface area contributed by atoms with E-state index in [-0.39, 0.29) is 5.82 Å². The lowest BCUT2D eigenvalue weighted by Gasteiger charge is -2.29. The summed E-state index contributed by atoms with van der Waals surface area (Å²) < 4.78 is 12.8. The van der Waals surface area contributed by atoms with Crippen LogP contribution in [0.15, 0.2) is 18.2 Å². The van der Waals surface area contributed by atoms with E-state index in [0.29, 0.717) is 17.5 Å². The number of aryl methyl sites for hydroxylation is 1. The average Bonchev–Trinajstić information content (AvgIpc) is 2.17. The quantitative estimate of drug-likeness (QED) is 0.807. The maximum atomic E-state index is 12.8. The number of aliphatic hydroxyl groups is 2. The van der Waals surface area contributed by atoms with Crippen molar-refractivity contribution in [3.63, 3.8) is 0 Å². The minimum atomic E-state index is -1.18. The van der Waals surface area contributed by atoms with Gasteiger partial charge in [0, 0.05) is 0 Å². The van der Waals surface area contributed by atoms with Gasteiger partial charge in [0.1, 0.15) is 11.9 Å². The molecular formula is C12H17FO2. The first-order chi connectivity index (χ1) is 6.88. The molecule has 1 aromatic rings. The van der Waals surface area contributed by atoms with Crippen LogP contribution in [0.5, 0.6) is 0 Å². The molecule has 2 unspecified atom stereocenters. The van der Waals surface area contributed by atoms with Gasteiger partial charge in [0.15, 0.2) is 0 Å². The Morgan fingerprint density at radius 3 is 2.53 bits per heavy atom. The topological polar surface area (TPSA) is 40.5 Å². The predicted molar refractivity (Wildman–Crippen MR) is 57.0 cm³/mol. The molecule has 0 spiro atoms. The van der Waals surface area contributed by atoms with Crippen molar-refractivity contribution in [1.29, 1.82) is 0 Å². The predicted octanol–water partition coefficient (Wildman–Crippen LogP) is 2.33. The highest BCUT2D eigenvalue weighted by Gasteiger charge is 2.30. The lowest BCUT2D eigenvalue weighted by Crippen LogP contribution is -2.32. The van der Waals surface area contributed by atoms with Crippen molar-refractivity contribution in [3.05, 3.63) is 35.1 Å². The molecule has 0 bridgehead atoms. The van der Waals surface area contributed by atoms with Gasteiger partial charge in [-0.2, -0.15) is 0 Å². The van der Waals surface area contributed by atoms with Crippen LogP contribution in [-0.4, -0.2) is 15.8 Å². The molecule has 0 aliphatic rings. The van der Waals surface area contributed by atoms with Gasteiger partial charge in [-0.3, -0.25) is 0 Å². The Labute approximate surface area is 89.4 Å². The van der Waals surface area contributed by atoms with Crippen LogP contribution >= 0.6 is 0 Å². The molecule has 0 amide bonds. The van der Waals surface area contributed by atoms with E-state index in [1.54, 1.807) is 20.8 Å². The van der Waals surface area contributed by atoms with Crippen molar-refractivity contribution in [1.82, 2.24) is 0 Å². The van der Waals surface area contributed by atoms with Crippen molar-refractivity contribution in [2.24, 2.45) is 0 Å².